The minimum absolute atomic E-state index is 0.345. The highest BCUT2D eigenvalue weighted by molar-refractivity contribution is 5.49. The Kier molecular flexibility index (Phi) is 8.82. The summed E-state index contributed by atoms with van der Waals surface area (Å²) in [7, 11) is 0. The Morgan fingerprint density at radius 3 is 2.24 bits per heavy atom. The number of ether oxygens (including phenoxy) is 1. The molecule has 1 aromatic carbocycles. The van der Waals surface area contributed by atoms with E-state index in [0.717, 1.165) is 25.3 Å². The number of anilines is 1. The average Bonchev–Trinajstić information content (AvgIpc) is 2.75. The van der Waals surface area contributed by atoms with E-state index in [2.05, 4.69) is 59.1 Å². The van der Waals surface area contributed by atoms with Crippen molar-refractivity contribution in [3.8, 4) is 5.75 Å². The van der Waals surface area contributed by atoms with Gasteiger partial charge in [-0.05, 0) is 25.8 Å². The maximum atomic E-state index is 8.78. The lowest BCUT2D eigenvalue weighted by Crippen LogP contribution is -2.35. The second-order valence-electron chi connectivity index (χ2n) is 8.28. The number of aliphatic hydroxyl groups is 1. The van der Waals surface area contributed by atoms with Crippen molar-refractivity contribution in [3.05, 3.63) is 53.9 Å². The minimum Gasteiger partial charge on any atom is -0.473 e. The van der Waals surface area contributed by atoms with E-state index >= 15 is 0 Å². The van der Waals surface area contributed by atoms with Crippen molar-refractivity contribution in [1.29, 1.82) is 0 Å². The fraction of sp³-hybridized carbons (Fsp3) is 0.560. The lowest BCUT2D eigenvalue weighted by Gasteiger charge is -2.30. The second kappa shape index (κ2) is 11.8. The van der Waals surface area contributed by atoms with Crippen LogP contribution in [0.5, 0.6) is 5.75 Å². The first kappa shape index (κ1) is 21.6. The molecule has 0 bridgehead atoms. The predicted octanol–water partition coefficient (Wildman–Crippen LogP) is 5.14. The molecule has 4 nitrogen and oxygen atoms in total. The molecule has 0 saturated heterocycles. The van der Waals surface area contributed by atoms with Crippen LogP contribution < -0.4 is 14.2 Å². The third-order valence-electron chi connectivity index (χ3n) is 5.77. The van der Waals surface area contributed by atoms with E-state index in [1.165, 1.54) is 68.2 Å². The quantitative estimate of drug-likeness (QED) is 0.398. The molecule has 1 aliphatic heterocycles. The number of aromatic nitrogens is 1. The van der Waals surface area contributed by atoms with Crippen LogP contribution in [0.25, 0.3) is 0 Å². The Bertz CT molecular complexity index is 730. The van der Waals surface area contributed by atoms with Gasteiger partial charge in [-0.15, -0.1) is 0 Å². The number of rotatable bonds is 12. The molecule has 1 N–H and O–H groups in total. The van der Waals surface area contributed by atoms with Gasteiger partial charge in [0.15, 0.2) is 19.1 Å². The lowest BCUT2D eigenvalue weighted by atomic mass is 10.1. The summed E-state index contributed by atoms with van der Waals surface area (Å²) in [5.74, 6) is 1.02. The molecule has 158 valence electrons. The van der Waals surface area contributed by atoms with Crippen LogP contribution in [0.3, 0.4) is 0 Å². The Morgan fingerprint density at radius 2 is 1.55 bits per heavy atom. The third-order valence-corrected chi connectivity index (χ3v) is 5.77. The average molecular weight is 398 g/mol. The zero-order chi connectivity index (χ0) is 20.3. The Balaban J connectivity index is 1.33. The van der Waals surface area contributed by atoms with E-state index in [1.54, 1.807) is 0 Å². The maximum Gasteiger partial charge on any atom is 0.170 e. The highest BCUT2D eigenvalue weighted by Gasteiger charge is 2.18. The summed E-state index contributed by atoms with van der Waals surface area (Å²) < 4.78 is 8.22. The van der Waals surface area contributed by atoms with Crippen LogP contribution in [0.1, 0.15) is 68.9 Å². The molecule has 1 aliphatic rings. The van der Waals surface area contributed by atoms with Crippen molar-refractivity contribution < 1.29 is 14.4 Å². The van der Waals surface area contributed by atoms with Crippen LogP contribution in [-0.2, 0) is 13.1 Å². The van der Waals surface area contributed by atoms with Crippen LogP contribution in [-0.4, -0.2) is 18.4 Å². The van der Waals surface area contributed by atoms with E-state index in [9.17, 15) is 0 Å². The van der Waals surface area contributed by atoms with Crippen molar-refractivity contribution in [2.75, 3.05) is 18.2 Å². The van der Waals surface area contributed by atoms with Gasteiger partial charge in [-0.1, -0.05) is 56.2 Å². The van der Waals surface area contributed by atoms with E-state index in [0.29, 0.717) is 13.3 Å². The van der Waals surface area contributed by atoms with Crippen LogP contribution in [0.4, 0.5) is 5.69 Å². The van der Waals surface area contributed by atoms with Crippen LogP contribution in [0.15, 0.2) is 42.7 Å². The molecule has 2 heterocycles. The molecule has 0 unspecified atom stereocenters. The molecule has 0 radical (unpaired) electrons. The summed E-state index contributed by atoms with van der Waals surface area (Å²) in [5, 5.41) is 8.78. The van der Waals surface area contributed by atoms with Crippen molar-refractivity contribution in [1.82, 2.24) is 0 Å². The number of benzene rings is 1. The van der Waals surface area contributed by atoms with Crippen molar-refractivity contribution in [3.63, 3.8) is 0 Å². The van der Waals surface area contributed by atoms with Gasteiger partial charge in [0, 0.05) is 37.3 Å². The van der Waals surface area contributed by atoms with E-state index in [1.807, 2.05) is 0 Å². The fourth-order valence-corrected chi connectivity index (χ4v) is 3.99. The van der Waals surface area contributed by atoms with Gasteiger partial charge in [0.25, 0.3) is 0 Å². The summed E-state index contributed by atoms with van der Waals surface area (Å²) in [5.41, 5.74) is 3.76. The normalized spacial score (nSPS) is 13.2. The Labute approximate surface area is 176 Å². The summed E-state index contributed by atoms with van der Waals surface area (Å²) in [6.45, 7) is 5.08. The van der Waals surface area contributed by atoms with Gasteiger partial charge in [-0.25, -0.2) is 4.57 Å². The van der Waals surface area contributed by atoms with Crippen molar-refractivity contribution in [2.24, 2.45) is 0 Å². The van der Waals surface area contributed by atoms with Crippen LogP contribution in [0, 0.1) is 6.92 Å². The molecule has 29 heavy (non-hydrogen) atoms. The highest BCUT2D eigenvalue weighted by Crippen LogP contribution is 2.28. The number of aliphatic hydroxyl groups excluding tert-OH is 1. The SMILES string of the molecule is Cc1ccc2c(c1)CN(c1cc[n+](CCCCCCCCCCCO)cc1)CO2. The largest absolute Gasteiger partial charge is 0.473 e. The zero-order valence-corrected chi connectivity index (χ0v) is 18.0. The minimum atomic E-state index is 0.345. The van der Waals surface area contributed by atoms with Crippen LogP contribution >= 0.6 is 0 Å². The summed E-state index contributed by atoms with van der Waals surface area (Å²) in [6.07, 6.45) is 15.7. The van der Waals surface area contributed by atoms with E-state index < -0.39 is 0 Å². The topological polar surface area (TPSA) is 36.6 Å². The molecular formula is C25H37N2O2+. The molecule has 3 rings (SSSR count). The fourth-order valence-electron chi connectivity index (χ4n) is 3.99. The number of hydrogen-bond acceptors (Lipinski definition) is 3. The second-order valence-corrected chi connectivity index (χ2v) is 8.28. The van der Waals surface area contributed by atoms with Gasteiger partial charge in [0.2, 0.25) is 0 Å². The maximum absolute atomic E-state index is 8.78. The zero-order valence-electron chi connectivity index (χ0n) is 18.0. The third kappa shape index (κ3) is 7.04. The lowest BCUT2D eigenvalue weighted by molar-refractivity contribution is -0.697. The van der Waals surface area contributed by atoms with Gasteiger partial charge >= 0.3 is 0 Å². The van der Waals surface area contributed by atoms with E-state index in [4.69, 9.17) is 9.84 Å². The van der Waals surface area contributed by atoms with Crippen molar-refractivity contribution in [2.45, 2.75) is 77.8 Å². The van der Waals surface area contributed by atoms with E-state index in [-0.39, 0.29) is 0 Å². The molecule has 0 saturated carbocycles. The summed E-state index contributed by atoms with van der Waals surface area (Å²) in [4.78, 5) is 2.28. The molecule has 0 aliphatic carbocycles. The number of fused-ring (bicyclic) bond motifs is 1. The molecule has 0 amide bonds. The standard InChI is InChI=1S/C25H37N2O2/c1-22-11-12-25-23(19-22)20-27(21-29-25)24-13-16-26(17-14-24)15-9-7-5-3-2-4-6-8-10-18-28/h11-14,16-17,19,28H,2-10,15,18,20-21H2,1H3/q+1. The number of aryl methyl sites for hydroxylation is 2. The molecule has 4 heteroatoms. The Hall–Kier alpha value is -2.07. The summed E-state index contributed by atoms with van der Waals surface area (Å²) >= 11 is 0. The van der Waals surface area contributed by atoms with Crippen molar-refractivity contribution >= 4 is 5.69 Å². The van der Waals surface area contributed by atoms with Crippen LogP contribution in [0.2, 0.25) is 0 Å². The first-order valence-corrected chi connectivity index (χ1v) is 11.3. The number of unbranched alkanes of at least 4 members (excludes halogenated alkanes) is 8. The molecule has 0 spiro atoms. The van der Waals surface area contributed by atoms with Gasteiger partial charge in [0.05, 0.1) is 5.69 Å². The monoisotopic (exact) mass is 397 g/mol. The van der Waals surface area contributed by atoms with Gasteiger partial charge in [-0.3, -0.25) is 0 Å². The van der Waals surface area contributed by atoms with Gasteiger partial charge in [0.1, 0.15) is 12.3 Å². The first-order chi connectivity index (χ1) is 14.3. The number of hydrogen-bond donors (Lipinski definition) is 1. The molecule has 0 fully saturated rings. The highest BCUT2D eigenvalue weighted by atomic mass is 16.5. The molecular weight excluding hydrogens is 360 g/mol. The first-order valence-electron chi connectivity index (χ1n) is 11.3. The number of pyridine rings is 1. The predicted molar refractivity (Wildman–Crippen MR) is 118 cm³/mol. The molecule has 1 aromatic heterocycles. The molecule has 2 aromatic rings. The van der Waals surface area contributed by atoms with Gasteiger partial charge in [-0.2, -0.15) is 0 Å². The summed E-state index contributed by atoms with van der Waals surface area (Å²) in [6, 6.07) is 10.8. The number of nitrogens with zero attached hydrogens (tertiary/aromatic N) is 2. The molecule has 0 atom stereocenters. The van der Waals surface area contributed by atoms with Gasteiger partial charge < -0.3 is 14.7 Å². The smallest absolute Gasteiger partial charge is 0.170 e. The Morgan fingerprint density at radius 1 is 0.897 bits per heavy atom.